The van der Waals surface area contributed by atoms with Crippen molar-refractivity contribution >= 4 is 11.8 Å². The van der Waals surface area contributed by atoms with E-state index in [1.807, 2.05) is 44.2 Å². The fourth-order valence-electron chi connectivity index (χ4n) is 2.80. The number of carbonyl (C=O) groups excluding carboxylic acids is 2. The van der Waals surface area contributed by atoms with Crippen LogP contribution in [0.25, 0.3) is 0 Å². The van der Waals surface area contributed by atoms with Gasteiger partial charge in [0.25, 0.3) is 0 Å². The van der Waals surface area contributed by atoms with Crippen LogP contribution in [0.1, 0.15) is 25.8 Å². The Hall–Kier alpha value is -1.88. The van der Waals surface area contributed by atoms with E-state index < -0.39 is 0 Å². The monoisotopic (exact) mass is 318 g/mol. The van der Waals surface area contributed by atoms with Gasteiger partial charge in [0.15, 0.2) is 0 Å². The lowest BCUT2D eigenvalue weighted by Gasteiger charge is -2.22. The molecule has 2 amide bonds. The van der Waals surface area contributed by atoms with Crippen LogP contribution in [0.5, 0.6) is 0 Å². The Balaban J connectivity index is 1.85. The van der Waals surface area contributed by atoms with E-state index in [0.717, 1.165) is 6.42 Å². The number of hydrogen-bond donors (Lipinski definition) is 2. The van der Waals surface area contributed by atoms with Crippen molar-refractivity contribution in [2.75, 3.05) is 19.7 Å². The summed E-state index contributed by atoms with van der Waals surface area (Å²) in [6.45, 7) is 4.93. The second-order valence-corrected chi connectivity index (χ2v) is 6.52. The molecule has 1 aromatic carbocycles. The molecule has 1 fully saturated rings. The Morgan fingerprint density at radius 1 is 1.35 bits per heavy atom. The molecular formula is C18H26N2O3. The molecule has 1 aromatic rings. The van der Waals surface area contributed by atoms with Crippen molar-refractivity contribution in [3.05, 3.63) is 35.9 Å². The summed E-state index contributed by atoms with van der Waals surface area (Å²) >= 11 is 0. The number of rotatable bonds is 7. The van der Waals surface area contributed by atoms with Gasteiger partial charge < -0.3 is 15.3 Å². The molecule has 1 aliphatic heterocycles. The predicted molar refractivity (Wildman–Crippen MR) is 88.7 cm³/mol. The van der Waals surface area contributed by atoms with Gasteiger partial charge in [0.2, 0.25) is 11.8 Å². The van der Waals surface area contributed by atoms with Gasteiger partial charge in [0.1, 0.15) is 0 Å². The highest BCUT2D eigenvalue weighted by Gasteiger charge is 2.34. The van der Waals surface area contributed by atoms with Crippen molar-refractivity contribution in [3.63, 3.8) is 0 Å². The summed E-state index contributed by atoms with van der Waals surface area (Å²) < 4.78 is 0. The third-order valence-corrected chi connectivity index (χ3v) is 4.43. The van der Waals surface area contributed by atoms with E-state index in [-0.39, 0.29) is 42.7 Å². The van der Waals surface area contributed by atoms with Gasteiger partial charge >= 0.3 is 0 Å². The molecule has 1 saturated heterocycles. The zero-order valence-corrected chi connectivity index (χ0v) is 13.9. The van der Waals surface area contributed by atoms with E-state index >= 15 is 0 Å². The molecular weight excluding hydrogens is 292 g/mol. The summed E-state index contributed by atoms with van der Waals surface area (Å²) in [5.74, 6) is -0.249. The van der Waals surface area contributed by atoms with E-state index in [1.54, 1.807) is 4.90 Å². The maximum Gasteiger partial charge on any atom is 0.225 e. The molecule has 0 bridgehead atoms. The number of likely N-dealkylation sites (tertiary alicyclic amines) is 1. The summed E-state index contributed by atoms with van der Waals surface area (Å²) in [6, 6.07) is 9.77. The fourth-order valence-corrected chi connectivity index (χ4v) is 2.80. The second-order valence-electron chi connectivity index (χ2n) is 6.52. The van der Waals surface area contributed by atoms with E-state index in [1.165, 1.54) is 5.56 Å². The number of aliphatic hydroxyl groups is 1. The maximum atomic E-state index is 12.3. The molecule has 2 N–H and O–H groups in total. The normalized spacial score (nSPS) is 19.2. The molecule has 2 atom stereocenters. The van der Waals surface area contributed by atoms with Crippen molar-refractivity contribution in [1.29, 1.82) is 0 Å². The van der Waals surface area contributed by atoms with Crippen molar-refractivity contribution < 1.29 is 14.7 Å². The third-order valence-electron chi connectivity index (χ3n) is 4.43. The molecule has 0 saturated carbocycles. The van der Waals surface area contributed by atoms with E-state index in [0.29, 0.717) is 13.1 Å². The lowest BCUT2D eigenvalue weighted by molar-refractivity contribution is -0.129. The number of nitrogens with one attached hydrogen (secondary N) is 1. The molecule has 1 unspecified atom stereocenters. The van der Waals surface area contributed by atoms with Gasteiger partial charge in [-0.25, -0.2) is 0 Å². The van der Waals surface area contributed by atoms with Crippen LogP contribution in [0.3, 0.4) is 0 Å². The molecule has 0 aromatic heterocycles. The average molecular weight is 318 g/mol. The van der Waals surface area contributed by atoms with Crippen LogP contribution < -0.4 is 5.32 Å². The van der Waals surface area contributed by atoms with E-state index in [9.17, 15) is 14.7 Å². The molecule has 1 aliphatic rings. The Bertz CT molecular complexity index is 530. The molecule has 5 heteroatoms. The average Bonchev–Trinajstić information content (AvgIpc) is 2.92. The van der Waals surface area contributed by atoms with Crippen LogP contribution in [0.4, 0.5) is 0 Å². The van der Waals surface area contributed by atoms with Crippen LogP contribution in [0.15, 0.2) is 30.3 Å². The van der Waals surface area contributed by atoms with Crippen molar-refractivity contribution in [2.45, 2.75) is 32.7 Å². The molecule has 0 radical (unpaired) electrons. The van der Waals surface area contributed by atoms with Gasteiger partial charge in [-0.2, -0.15) is 0 Å². The van der Waals surface area contributed by atoms with Gasteiger partial charge in [-0.1, -0.05) is 44.2 Å². The standard InChI is InChI=1S/C18H26N2O3/c1-13(2)16(12-21)19-18(23)15-10-17(22)20(11-15)9-8-14-6-4-3-5-7-14/h3-7,13,15-16,21H,8-12H2,1-2H3,(H,19,23)/t15?,16-/m1/s1. The van der Waals surface area contributed by atoms with Crippen molar-refractivity contribution in [3.8, 4) is 0 Å². The van der Waals surface area contributed by atoms with E-state index in [4.69, 9.17) is 0 Å². The van der Waals surface area contributed by atoms with Gasteiger partial charge in [-0.15, -0.1) is 0 Å². The quantitative estimate of drug-likeness (QED) is 0.794. The van der Waals surface area contributed by atoms with Crippen LogP contribution >= 0.6 is 0 Å². The minimum Gasteiger partial charge on any atom is -0.394 e. The lowest BCUT2D eigenvalue weighted by atomic mass is 10.0. The Morgan fingerprint density at radius 2 is 2.04 bits per heavy atom. The van der Waals surface area contributed by atoms with E-state index in [2.05, 4.69) is 5.32 Å². The zero-order chi connectivity index (χ0) is 16.8. The number of nitrogens with zero attached hydrogens (tertiary/aromatic N) is 1. The highest BCUT2D eigenvalue weighted by molar-refractivity contribution is 5.89. The molecule has 0 aliphatic carbocycles. The molecule has 0 spiro atoms. The summed E-state index contributed by atoms with van der Waals surface area (Å²) in [6.07, 6.45) is 1.06. The van der Waals surface area contributed by atoms with Gasteiger partial charge in [0, 0.05) is 19.5 Å². The highest BCUT2D eigenvalue weighted by atomic mass is 16.3. The maximum absolute atomic E-state index is 12.3. The number of amides is 2. The Morgan fingerprint density at radius 3 is 2.65 bits per heavy atom. The van der Waals surface area contributed by atoms with Crippen molar-refractivity contribution in [1.82, 2.24) is 10.2 Å². The van der Waals surface area contributed by atoms with Crippen molar-refractivity contribution in [2.24, 2.45) is 11.8 Å². The minimum absolute atomic E-state index is 0.0335. The van der Waals surface area contributed by atoms with Crippen LogP contribution in [-0.4, -0.2) is 47.6 Å². The fraction of sp³-hybridized carbons (Fsp3) is 0.556. The highest BCUT2D eigenvalue weighted by Crippen LogP contribution is 2.19. The molecule has 1 heterocycles. The number of carbonyl (C=O) groups is 2. The summed E-state index contributed by atoms with van der Waals surface area (Å²) in [5.41, 5.74) is 1.19. The summed E-state index contributed by atoms with van der Waals surface area (Å²) in [5, 5.41) is 12.2. The Kier molecular flexibility index (Phi) is 6.16. The van der Waals surface area contributed by atoms with Crippen LogP contribution in [0.2, 0.25) is 0 Å². The topological polar surface area (TPSA) is 69.6 Å². The first-order chi connectivity index (χ1) is 11.0. The molecule has 23 heavy (non-hydrogen) atoms. The minimum atomic E-state index is -0.314. The van der Waals surface area contributed by atoms with Gasteiger partial charge in [-0.05, 0) is 17.9 Å². The first kappa shape index (κ1) is 17.5. The van der Waals surface area contributed by atoms with Gasteiger partial charge in [0.05, 0.1) is 18.6 Å². The number of hydrogen-bond acceptors (Lipinski definition) is 3. The van der Waals surface area contributed by atoms with Crippen LogP contribution in [-0.2, 0) is 16.0 Å². The summed E-state index contributed by atoms with van der Waals surface area (Å²) in [7, 11) is 0. The molecule has 2 rings (SSSR count). The number of benzene rings is 1. The lowest BCUT2D eigenvalue weighted by Crippen LogP contribution is -2.44. The smallest absolute Gasteiger partial charge is 0.225 e. The SMILES string of the molecule is CC(C)[C@@H](CO)NC(=O)C1CC(=O)N(CCc2ccccc2)C1. The largest absolute Gasteiger partial charge is 0.394 e. The third kappa shape index (κ3) is 4.79. The Labute approximate surface area is 137 Å². The first-order valence-corrected chi connectivity index (χ1v) is 8.24. The zero-order valence-electron chi connectivity index (χ0n) is 13.9. The van der Waals surface area contributed by atoms with Gasteiger partial charge in [-0.3, -0.25) is 9.59 Å². The predicted octanol–water partition coefficient (Wildman–Crippen LogP) is 1.21. The number of aliphatic hydroxyl groups excluding tert-OH is 1. The second kappa shape index (κ2) is 8.11. The molecule has 5 nitrogen and oxygen atoms in total. The molecule has 126 valence electrons. The summed E-state index contributed by atoms with van der Waals surface area (Å²) in [4.78, 5) is 26.1. The van der Waals surface area contributed by atoms with Crippen LogP contribution in [0, 0.1) is 11.8 Å². The first-order valence-electron chi connectivity index (χ1n) is 8.24.